The average molecular weight is 849 g/mol. The molecular weight excluding hydrogens is 745 g/mol. The number of esters is 3. The Bertz CT molecular complexity index is 920. The Morgan fingerprint density at radius 3 is 0.867 bits per heavy atom. The van der Waals surface area contributed by atoms with Crippen LogP contribution in [0.3, 0.4) is 0 Å². The molecule has 0 aliphatic carbocycles. The maximum Gasteiger partial charge on any atom is 0.306 e. The van der Waals surface area contributed by atoms with Crippen LogP contribution in [0, 0.1) is 11.8 Å². The van der Waals surface area contributed by atoms with E-state index in [0.29, 0.717) is 19.3 Å². The predicted molar refractivity (Wildman–Crippen MR) is 256 cm³/mol. The van der Waals surface area contributed by atoms with Crippen LogP contribution in [0.25, 0.3) is 0 Å². The second-order valence-electron chi connectivity index (χ2n) is 19.0. The topological polar surface area (TPSA) is 78.9 Å². The highest BCUT2D eigenvalue weighted by atomic mass is 16.6. The molecule has 0 aromatic heterocycles. The largest absolute Gasteiger partial charge is 0.462 e. The molecule has 0 aromatic carbocycles. The quantitative estimate of drug-likeness (QED) is 0.0345. The molecule has 3 atom stereocenters. The number of carbonyl (C=O) groups excluding carboxylic acids is 3. The summed E-state index contributed by atoms with van der Waals surface area (Å²) in [5.74, 6) is 0.873. The van der Waals surface area contributed by atoms with Crippen LogP contribution in [0.5, 0.6) is 0 Å². The third-order valence-corrected chi connectivity index (χ3v) is 12.9. The van der Waals surface area contributed by atoms with Gasteiger partial charge in [-0.05, 0) is 31.1 Å². The molecule has 6 heteroatoms. The smallest absolute Gasteiger partial charge is 0.306 e. The summed E-state index contributed by atoms with van der Waals surface area (Å²) in [6.45, 7) is 11.4. The summed E-state index contributed by atoms with van der Waals surface area (Å²) >= 11 is 0. The molecule has 0 rings (SSSR count). The molecule has 356 valence electrons. The molecule has 6 nitrogen and oxygen atoms in total. The minimum Gasteiger partial charge on any atom is -0.462 e. The van der Waals surface area contributed by atoms with Crippen LogP contribution in [0.15, 0.2) is 0 Å². The van der Waals surface area contributed by atoms with Crippen LogP contribution in [-0.4, -0.2) is 37.2 Å². The van der Waals surface area contributed by atoms with Crippen LogP contribution in [0.4, 0.5) is 0 Å². The minimum absolute atomic E-state index is 0.0642. The van der Waals surface area contributed by atoms with E-state index in [9.17, 15) is 14.4 Å². The van der Waals surface area contributed by atoms with E-state index >= 15 is 0 Å². The van der Waals surface area contributed by atoms with Crippen molar-refractivity contribution in [1.29, 1.82) is 0 Å². The zero-order chi connectivity index (χ0) is 44.0. The molecule has 0 aliphatic rings. The number of hydrogen-bond donors (Lipinski definition) is 0. The van der Waals surface area contributed by atoms with E-state index in [4.69, 9.17) is 14.2 Å². The van der Waals surface area contributed by atoms with Gasteiger partial charge in [0.2, 0.25) is 0 Å². The highest BCUT2D eigenvalue weighted by molar-refractivity contribution is 5.71. The van der Waals surface area contributed by atoms with Crippen molar-refractivity contribution in [3.63, 3.8) is 0 Å². The van der Waals surface area contributed by atoms with Gasteiger partial charge in [0.15, 0.2) is 6.10 Å². The van der Waals surface area contributed by atoms with Crippen molar-refractivity contribution in [2.75, 3.05) is 13.2 Å². The van der Waals surface area contributed by atoms with Gasteiger partial charge in [-0.2, -0.15) is 0 Å². The lowest BCUT2D eigenvalue weighted by Gasteiger charge is -2.18. The maximum atomic E-state index is 12.7. The molecule has 0 radical (unpaired) electrons. The summed E-state index contributed by atoms with van der Waals surface area (Å²) in [7, 11) is 0. The number of unbranched alkanes of at least 4 members (excludes halogenated alkanes) is 31. The van der Waals surface area contributed by atoms with Crippen molar-refractivity contribution in [2.24, 2.45) is 11.8 Å². The monoisotopic (exact) mass is 849 g/mol. The first-order valence-corrected chi connectivity index (χ1v) is 26.8. The molecule has 0 aliphatic heterocycles. The van der Waals surface area contributed by atoms with Crippen LogP contribution >= 0.6 is 0 Å². The Morgan fingerprint density at radius 1 is 0.333 bits per heavy atom. The van der Waals surface area contributed by atoms with Crippen molar-refractivity contribution in [3.8, 4) is 0 Å². The molecule has 0 heterocycles. The van der Waals surface area contributed by atoms with E-state index in [1.807, 2.05) is 0 Å². The number of hydrogen-bond acceptors (Lipinski definition) is 6. The van der Waals surface area contributed by atoms with Crippen LogP contribution < -0.4 is 0 Å². The van der Waals surface area contributed by atoms with Gasteiger partial charge < -0.3 is 14.2 Å². The van der Waals surface area contributed by atoms with Gasteiger partial charge in [0, 0.05) is 19.3 Å². The molecular formula is C54H104O6. The highest BCUT2D eigenvalue weighted by Crippen LogP contribution is 2.18. The fraction of sp³-hybridized carbons (Fsp3) is 0.944. The average Bonchev–Trinajstić information content (AvgIpc) is 3.25. The summed E-state index contributed by atoms with van der Waals surface area (Å²) in [6, 6.07) is 0. The molecule has 60 heavy (non-hydrogen) atoms. The van der Waals surface area contributed by atoms with Gasteiger partial charge in [0.25, 0.3) is 0 Å². The SMILES string of the molecule is CCCCCCCCCCCCC(=O)O[C@H](COC(=O)CCCCCCCCCCCCCCCCCCCCC(C)CC)COC(=O)CCCCCCCCC(C)CC. The summed E-state index contributed by atoms with van der Waals surface area (Å²) in [6.07, 6.45) is 48.1. The standard InChI is InChI=1S/C54H104O6/c1-6-9-10-11-12-13-25-29-36-41-46-54(57)60-51(48-59-53(56)45-40-35-31-30-33-38-43-50(5)8-3)47-58-52(55)44-39-34-28-26-23-21-19-17-15-14-16-18-20-22-24-27-32-37-42-49(4)7-2/h49-51H,6-48H2,1-5H3/t49?,50?,51-/m1/s1. The molecule has 0 fully saturated rings. The van der Waals surface area contributed by atoms with Crippen LogP contribution in [-0.2, 0) is 28.6 Å². The minimum atomic E-state index is -0.761. The lowest BCUT2D eigenvalue weighted by molar-refractivity contribution is -0.167. The van der Waals surface area contributed by atoms with E-state index in [0.717, 1.165) is 69.6 Å². The zero-order valence-electron chi connectivity index (χ0n) is 41.1. The highest BCUT2D eigenvalue weighted by Gasteiger charge is 2.19. The van der Waals surface area contributed by atoms with E-state index < -0.39 is 6.10 Å². The van der Waals surface area contributed by atoms with Gasteiger partial charge in [0.05, 0.1) is 0 Å². The van der Waals surface area contributed by atoms with Gasteiger partial charge in [-0.15, -0.1) is 0 Å². The normalized spacial score (nSPS) is 12.9. The van der Waals surface area contributed by atoms with Gasteiger partial charge in [-0.1, -0.05) is 259 Å². The fourth-order valence-corrected chi connectivity index (χ4v) is 8.10. The van der Waals surface area contributed by atoms with Gasteiger partial charge in [0.1, 0.15) is 13.2 Å². The van der Waals surface area contributed by atoms with Crippen LogP contribution in [0.2, 0.25) is 0 Å². The van der Waals surface area contributed by atoms with E-state index in [1.54, 1.807) is 0 Å². The lowest BCUT2D eigenvalue weighted by atomic mass is 9.99. The first kappa shape index (κ1) is 58.4. The molecule has 0 bridgehead atoms. The molecule has 0 saturated carbocycles. The molecule has 0 saturated heterocycles. The second kappa shape index (κ2) is 46.9. The third-order valence-electron chi connectivity index (χ3n) is 12.9. The van der Waals surface area contributed by atoms with Crippen molar-refractivity contribution in [3.05, 3.63) is 0 Å². The molecule has 2 unspecified atom stereocenters. The summed E-state index contributed by atoms with van der Waals surface area (Å²) in [4.78, 5) is 37.9. The molecule has 0 spiro atoms. The van der Waals surface area contributed by atoms with Crippen LogP contribution in [0.1, 0.15) is 298 Å². The molecule has 0 N–H and O–H groups in total. The summed E-state index contributed by atoms with van der Waals surface area (Å²) < 4.78 is 16.8. The Morgan fingerprint density at radius 2 is 0.583 bits per heavy atom. The third kappa shape index (κ3) is 44.5. The van der Waals surface area contributed by atoms with E-state index in [1.165, 1.54) is 186 Å². The Kier molecular flexibility index (Phi) is 45.7. The lowest BCUT2D eigenvalue weighted by Crippen LogP contribution is -2.30. The number of rotatable bonds is 48. The molecule has 0 aromatic rings. The van der Waals surface area contributed by atoms with Gasteiger partial charge >= 0.3 is 17.9 Å². The second-order valence-corrected chi connectivity index (χ2v) is 19.0. The van der Waals surface area contributed by atoms with Crippen molar-refractivity contribution in [2.45, 2.75) is 304 Å². The first-order chi connectivity index (χ1) is 29.3. The Balaban J connectivity index is 4.15. The van der Waals surface area contributed by atoms with Crippen molar-refractivity contribution in [1.82, 2.24) is 0 Å². The zero-order valence-corrected chi connectivity index (χ0v) is 41.1. The van der Waals surface area contributed by atoms with Crippen molar-refractivity contribution >= 4 is 17.9 Å². The van der Waals surface area contributed by atoms with E-state index in [2.05, 4.69) is 34.6 Å². The summed E-state index contributed by atoms with van der Waals surface area (Å²) in [5, 5.41) is 0. The summed E-state index contributed by atoms with van der Waals surface area (Å²) in [5.41, 5.74) is 0. The first-order valence-electron chi connectivity index (χ1n) is 26.8. The maximum absolute atomic E-state index is 12.7. The number of carbonyl (C=O) groups is 3. The number of ether oxygens (including phenoxy) is 3. The molecule has 0 amide bonds. The fourth-order valence-electron chi connectivity index (χ4n) is 8.10. The Hall–Kier alpha value is -1.59. The predicted octanol–water partition coefficient (Wildman–Crippen LogP) is 17.3. The van der Waals surface area contributed by atoms with Gasteiger partial charge in [-0.25, -0.2) is 0 Å². The van der Waals surface area contributed by atoms with Gasteiger partial charge in [-0.3, -0.25) is 14.4 Å². The Labute approximate surface area is 374 Å². The van der Waals surface area contributed by atoms with E-state index in [-0.39, 0.29) is 31.1 Å². The van der Waals surface area contributed by atoms with Crippen molar-refractivity contribution < 1.29 is 28.6 Å².